The number of fused-ring (bicyclic) bond motifs is 1. The van der Waals surface area contributed by atoms with Gasteiger partial charge in [0, 0.05) is 43.1 Å². The number of aromatic nitrogens is 3. The van der Waals surface area contributed by atoms with Gasteiger partial charge in [-0.3, -0.25) is 4.98 Å². The van der Waals surface area contributed by atoms with Crippen LogP contribution in [0.4, 0.5) is 5.69 Å². The lowest BCUT2D eigenvalue weighted by Crippen LogP contribution is -2.35. The van der Waals surface area contributed by atoms with Crippen molar-refractivity contribution in [3.8, 4) is 5.75 Å². The summed E-state index contributed by atoms with van der Waals surface area (Å²) in [5.74, 6) is 0.835. The largest absolute Gasteiger partial charge is 0.494 e. The summed E-state index contributed by atoms with van der Waals surface area (Å²) >= 11 is 0. The molecule has 0 saturated carbocycles. The van der Waals surface area contributed by atoms with Crippen LogP contribution < -0.4 is 9.64 Å². The van der Waals surface area contributed by atoms with Crippen LogP contribution >= 0.6 is 0 Å². The van der Waals surface area contributed by atoms with E-state index in [1.807, 2.05) is 30.9 Å². The molecule has 3 heterocycles. The van der Waals surface area contributed by atoms with E-state index >= 15 is 0 Å². The molecule has 1 fully saturated rings. The van der Waals surface area contributed by atoms with Crippen LogP contribution in [0.2, 0.25) is 0 Å². The fraction of sp³-hybridized carbons (Fsp3) is 0.368. The van der Waals surface area contributed by atoms with Gasteiger partial charge in [-0.05, 0) is 31.4 Å². The molecule has 0 atom stereocenters. The minimum atomic E-state index is 0.548. The number of nitrogens with zero attached hydrogens (tertiary/aromatic N) is 4. The van der Waals surface area contributed by atoms with Crippen LogP contribution in [0.3, 0.4) is 0 Å². The highest BCUT2D eigenvalue weighted by Crippen LogP contribution is 2.36. The fourth-order valence-electron chi connectivity index (χ4n) is 3.74. The summed E-state index contributed by atoms with van der Waals surface area (Å²) < 4.78 is 7.72. The van der Waals surface area contributed by atoms with Gasteiger partial charge in [-0.25, -0.2) is 4.98 Å². The van der Waals surface area contributed by atoms with Gasteiger partial charge < -0.3 is 14.2 Å². The summed E-state index contributed by atoms with van der Waals surface area (Å²) in [6.07, 6.45) is 10.1. The van der Waals surface area contributed by atoms with Gasteiger partial charge in [-0.2, -0.15) is 0 Å². The van der Waals surface area contributed by atoms with Gasteiger partial charge >= 0.3 is 0 Å². The molecule has 3 aromatic rings. The van der Waals surface area contributed by atoms with Gasteiger partial charge in [-0.15, -0.1) is 0 Å². The van der Waals surface area contributed by atoms with Crippen molar-refractivity contribution in [2.24, 2.45) is 0 Å². The van der Waals surface area contributed by atoms with Gasteiger partial charge in [-0.1, -0.05) is 12.1 Å². The molecule has 0 amide bonds. The summed E-state index contributed by atoms with van der Waals surface area (Å²) in [5.41, 5.74) is 3.46. The van der Waals surface area contributed by atoms with Crippen molar-refractivity contribution < 1.29 is 4.74 Å². The summed E-state index contributed by atoms with van der Waals surface area (Å²) in [6.45, 7) is 4.23. The third-order valence-corrected chi connectivity index (χ3v) is 4.96. The first-order chi connectivity index (χ1) is 11.8. The molecule has 1 aromatic carbocycles. The Bertz CT molecular complexity index is 836. The van der Waals surface area contributed by atoms with Gasteiger partial charge in [0.1, 0.15) is 11.3 Å². The highest BCUT2D eigenvalue weighted by atomic mass is 16.5. The third-order valence-electron chi connectivity index (χ3n) is 4.96. The van der Waals surface area contributed by atoms with Gasteiger partial charge in [0.25, 0.3) is 0 Å². The molecule has 0 radical (unpaired) electrons. The predicted octanol–water partition coefficient (Wildman–Crippen LogP) is 3.59. The number of aryl methyl sites for hydroxylation is 1. The lowest BCUT2D eigenvalue weighted by molar-refractivity contribution is 0.396. The number of benzene rings is 1. The summed E-state index contributed by atoms with van der Waals surface area (Å²) in [6, 6.07) is 6.71. The van der Waals surface area contributed by atoms with Crippen molar-refractivity contribution in [1.82, 2.24) is 14.5 Å². The summed E-state index contributed by atoms with van der Waals surface area (Å²) in [4.78, 5) is 11.3. The second-order valence-electron chi connectivity index (χ2n) is 6.37. The monoisotopic (exact) mass is 322 g/mol. The van der Waals surface area contributed by atoms with Crippen LogP contribution in [0.25, 0.3) is 10.9 Å². The number of hydrogen-bond acceptors (Lipinski definition) is 4. The van der Waals surface area contributed by atoms with E-state index in [9.17, 15) is 0 Å². The second kappa shape index (κ2) is 6.15. The quantitative estimate of drug-likeness (QED) is 0.739. The molecule has 5 nitrogen and oxygen atoms in total. The minimum Gasteiger partial charge on any atom is -0.494 e. The van der Waals surface area contributed by atoms with Crippen LogP contribution in [0.15, 0.2) is 43.1 Å². The first kappa shape index (κ1) is 15.0. The molecule has 0 aliphatic carbocycles. The molecule has 4 rings (SSSR count). The highest BCUT2D eigenvalue weighted by molar-refractivity contribution is 5.96. The van der Waals surface area contributed by atoms with Gasteiger partial charge in [0.2, 0.25) is 0 Å². The number of rotatable bonds is 3. The first-order valence-corrected chi connectivity index (χ1v) is 8.42. The third kappa shape index (κ3) is 2.50. The number of piperidine rings is 1. The van der Waals surface area contributed by atoms with Crippen molar-refractivity contribution >= 4 is 16.6 Å². The Morgan fingerprint density at radius 2 is 2.04 bits per heavy atom. The number of ether oxygens (including phenoxy) is 1. The van der Waals surface area contributed by atoms with E-state index in [4.69, 9.17) is 4.74 Å². The normalized spacial score (nSPS) is 15.8. The zero-order chi connectivity index (χ0) is 16.5. The Balaban J connectivity index is 1.66. The minimum absolute atomic E-state index is 0.548. The van der Waals surface area contributed by atoms with Crippen molar-refractivity contribution in [3.63, 3.8) is 0 Å². The SMILES string of the molecule is COc1cccc2c(N3CCC(n4ccnc4)CC3)c(C)cnc12. The average Bonchev–Trinajstić information content (AvgIpc) is 3.16. The van der Waals surface area contributed by atoms with Crippen molar-refractivity contribution in [2.45, 2.75) is 25.8 Å². The van der Waals surface area contributed by atoms with Crippen molar-refractivity contribution in [1.29, 1.82) is 0 Å². The number of hydrogen-bond donors (Lipinski definition) is 0. The molecule has 5 heteroatoms. The maximum absolute atomic E-state index is 5.48. The number of imidazole rings is 1. The molecule has 1 saturated heterocycles. The van der Waals surface area contributed by atoms with E-state index in [1.165, 1.54) is 16.6 Å². The molecular weight excluding hydrogens is 300 g/mol. The molecule has 0 spiro atoms. The molecule has 0 unspecified atom stereocenters. The Morgan fingerprint density at radius 1 is 1.21 bits per heavy atom. The highest BCUT2D eigenvalue weighted by Gasteiger charge is 2.23. The van der Waals surface area contributed by atoms with Gasteiger partial charge in [0.05, 0.1) is 19.1 Å². The molecule has 1 aliphatic heterocycles. The van der Waals surface area contributed by atoms with E-state index in [0.717, 1.165) is 37.2 Å². The zero-order valence-electron chi connectivity index (χ0n) is 14.1. The summed E-state index contributed by atoms with van der Waals surface area (Å²) in [5, 5.41) is 1.18. The van der Waals surface area contributed by atoms with E-state index < -0.39 is 0 Å². The second-order valence-corrected chi connectivity index (χ2v) is 6.37. The first-order valence-electron chi connectivity index (χ1n) is 8.42. The molecule has 2 aromatic heterocycles. The maximum atomic E-state index is 5.48. The maximum Gasteiger partial charge on any atom is 0.145 e. The van der Waals surface area contributed by atoms with Crippen LogP contribution in [-0.4, -0.2) is 34.7 Å². The van der Waals surface area contributed by atoms with E-state index in [-0.39, 0.29) is 0 Å². The predicted molar refractivity (Wildman–Crippen MR) is 95.7 cm³/mol. The molecule has 124 valence electrons. The molecule has 0 bridgehead atoms. The lowest BCUT2D eigenvalue weighted by Gasteiger charge is -2.35. The van der Waals surface area contributed by atoms with E-state index in [0.29, 0.717) is 6.04 Å². The number of pyridine rings is 1. The Morgan fingerprint density at radius 3 is 2.75 bits per heavy atom. The Hall–Kier alpha value is -2.56. The molecule has 24 heavy (non-hydrogen) atoms. The standard InChI is InChI=1S/C19H22N4O/c1-14-12-21-18-16(4-3-5-17(18)24-2)19(14)22-9-6-15(7-10-22)23-11-8-20-13-23/h3-5,8,11-13,15H,6-7,9-10H2,1-2H3. The van der Waals surface area contributed by atoms with Crippen LogP contribution in [0, 0.1) is 6.92 Å². The van der Waals surface area contributed by atoms with Gasteiger partial charge in [0.15, 0.2) is 0 Å². The number of anilines is 1. The van der Waals surface area contributed by atoms with Crippen molar-refractivity contribution in [3.05, 3.63) is 48.7 Å². The molecule has 1 aliphatic rings. The molecular formula is C19H22N4O. The fourth-order valence-corrected chi connectivity index (χ4v) is 3.74. The smallest absolute Gasteiger partial charge is 0.145 e. The Kier molecular flexibility index (Phi) is 3.84. The average molecular weight is 322 g/mol. The Labute approximate surface area is 141 Å². The number of para-hydroxylation sites is 1. The zero-order valence-corrected chi connectivity index (χ0v) is 14.1. The summed E-state index contributed by atoms with van der Waals surface area (Å²) in [7, 11) is 1.70. The lowest BCUT2D eigenvalue weighted by atomic mass is 10.0. The van der Waals surface area contributed by atoms with E-state index in [1.54, 1.807) is 7.11 Å². The van der Waals surface area contributed by atoms with Crippen LogP contribution in [-0.2, 0) is 0 Å². The van der Waals surface area contributed by atoms with Crippen LogP contribution in [0.5, 0.6) is 5.75 Å². The van der Waals surface area contributed by atoms with Crippen molar-refractivity contribution in [2.75, 3.05) is 25.1 Å². The van der Waals surface area contributed by atoms with Crippen LogP contribution in [0.1, 0.15) is 24.4 Å². The van der Waals surface area contributed by atoms with E-state index in [2.05, 4.69) is 38.6 Å². The molecule has 0 N–H and O–H groups in total. The number of methoxy groups -OCH3 is 1. The topological polar surface area (TPSA) is 43.2 Å².